The van der Waals surface area contributed by atoms with E-state index >= 15 is 0 Å². The first-order valence-electron chi connectivity index (χ1n) is 6.60. The largest absolute Gasteiger partial charge is 0.393 e. The molecule has 18 heavy (non-hydrogen) atoms. The topological polar surface area (TPSA) is 49.5 Å². The second-order valence-electron chi connectivity index (χ2n) is 5.46. The average Bonchev–Trinajstić information content (AvgIpc) is 2.92. The zero-order valence-electron chi connectivity index (χ0n) is 10.3. The van der Waals surface area contributed by atoms with Gasteiger partial charge in [0.1, 0.15) is 0 Å². The molecule has 1 aromatic rings. The van der Waals surface area contributed by atoms with Crippen molar-refractivity contribution in [1.29, 1.82) is 0 Å². The summed E-state index contributed by atoms with van der Waals surface area (Å²) >= 11 is 3.63. The fourth-order valence-corrected chi connectivity index (χ4v) is 4.04. The average molecular weight is 311 g/mol. The third kappa shape index (κ3) is 2.06. The highest BCUT2D eigenvalue weighted by atomic mass is 79.9. The Morgan fingerprint density at radius 3 is 2.83 bits per heavy atom. The molecule has 3 unspecified atom stereocenters. The van der Waals surface area contributed by atoms with Gasteiger partial charge in [-0.15, -0.1) is 0 Å². The van der Waals surface area contributed by atoms with Gasteiger partial charge in [0.2, 0.25) is 0 Å². The zero-order chi connectivity index (χ0) is 12.7. The van der Waals surface area contributed by atoms with E-state index in [0.29, 0.717) is 18.4 Å². The van der Waals surface area contributed by atoms with Crippen molar-refractivity contribution in [2.75, 3.05) is 18.0 Å². The molecule has 1 aromatic carbocycles. The smallest absolute Gasteiger partial charge is 0.0588 e. The number of anilines is 1. The lowest BCUT2D eigenvalue weighted by molar-refractivity contribution is 0.133. The molecule has 2 fully saturated rings. The van der Waals surface area contributed by atoms with E-state index in [1.807, 2.05) is 0 Å². The first-order chi connectivity index (χ1) is 8.69. The van der Waals surface area contributed by atoms with Crippen molar-refractivity contribution in [3.05, 3.63) is 28.2 Å². The molecule has 0 radical (unpaired) electrons. The third-order valence-corrected chi connectivity index (χ3v) is 5.04. The lowest BCUT2D eigenvalue weighted by Gasteiger charge is -2.22. The van der Waals surface area contributed by atoms with Crippen LogP contribution < -0.4 is 10.6 Å². The summed E-state index contributed by atoms with van der Waals surface area (Å²) in [5.41, 5.74) is 8.02. The highest BCUT2D eigenvalue weighted by Gasteiger charge is 2.42. The number of nitrogens with zero attached hydrogens (tertiary/aromatic N) is 1. The van der Waals surface area contributed by atoms with Gasteiger partial charge in [0.05, 0.1) is 11.8 Å². The molecular formula is C14H19BrN2O. The van der Waals surface area contributed by atoms with Crippen LogP contribution in [0.25, 0.3) is 0 Å². The summed E-state index contributed by atoms with van der Waals surface area (Å²) < 4.78 is 1.11. The maximum atomic E-state index is 9.96. The van der Waals surface area contributed by atoms with Crippen LogP contribution in [0.2, 0.25) is 0 Å². The highest BCUT2D eigenvalue weighted by Crippen LogP contribution is 2.41. The molecule has 3 nitrogen and oxygen atoms in total. The van der Waals surface area contributed by atoms with Crippen LogP contribution in [0.5, 0.6) is 0 Å². The van der Waals surface area contributed by atoms with Gasteiger partial charge in [0, 0.05) is 30.0 Å². The van der Waals surface area contributed by atoms with Gasteiger partial charge < -0.3 is 15.7 Å². The summed E-state index contributed by atoms with van der Waals surface area (Å²) in [6.07, 6.45) is 2.05. The lowest BCUT2D eigenvalue weighted by atomic mass is 10.00. The van der Waals surface area contributed by atoms with Crippen molar-refractivity contribution < 1.29 is 5.11 Å². The number of rotatable bonds is 2. The van der Waals surface area contributed by atoms with E-state index in [0.717, 1.165) is 29.5 Å². The molecule has 3 rings (SSSR count). The van der Waals surface area contributed by atoms with E-state index in [2.05, 4.69) is 39.0 Å². The van der Waals surface area contributed by atoms with Crippen LogP contribution >= 0.6 is 15.9 Å². The first-order valence-corrected chi connectivity index (χ1v) is 7.40. The molecule has 2 aliphatic rings. The van der Waals surface area contributed by atoms with Crippen molar-refractivity contribution in [2.45, 2.75) is 25.5 Å². The Bertz CT molecular complexity index is 451. The second kappa shape index (κ2) is 4.83. The molecule has 4 heteroatoms. The third-order valence-electron chi connectivity index (χ3n) is 4.41. The van der Waals surface area contributed by atoms with Crippen molar-refractivity contribution in [3.63, 3.8) is 0 Å². The minimum absolute atomic E-state index is 0.0953. The summed E-state index contributed by atoms with van der Waals surface area (Å²) in [7, 11) is 0. The fourth-order valence-electron chi connectivity index (χ4n) is 3.37. The Hall–Kier alpha value is -0.580. The summed E-state index contributed by atoms with van der Waals surface area (Å²) in [6.45, 7) is 2.62. The van der Waals surface area contributed by atoms with Crippen molar-refractivity contribution >= 4 is 21.6 Å². The van der Waals surface area contributed by atoms with Crippen molar-refractivity contribution in [3.8, 4) is 0 Å². The van der Waals surface area contributed by atoms with E-state index in [4.69, 9.17) is 5.73 Å². The van der Waals surface area contributed by atoms with Gasteiger partial charge >= 0.3 is 0 Å². The predicted octanol–water partition coefficient (Wildman–Crippen LogP) is 2.11. The Morgan fingerprint density at radius 2 is 2.17 bits per heavy atom. The standard InChI is InChI=1S/C14H19BrN2O/c15-12-5-9(6-16)1-3-13(12)17-7-10-2-4-14(18)11(10)8-17/h1,3,5,10-11,14,18H,2,4,6-8,16H2. The molecule has 3 N–H and O–H groups in total. The van der Waals surface area contributed by atoms with E-state index in [1.165, 1.54) is 12.1 Å². The number of benzene rings is 1. The lowest BCUT2D eigenvalue weighted by Crippen LogP contribution is -2.24. The molecule has 0 aromatic heterocycles. The normalized spacial score (nSPS) is 30.8. The quantitative estimate of drug-likeness (QED) is 0.879. The van der Waals surface area contributed by atoms with Gasteiger partial charge in [0.15, 0.2) is 0 Å². The van der Waals surface area contributed by atoms with Gasteiger partial charge in [-0.2, -0.15) is 0 Å². The number of aliphatic hydroxyl groups excluding tert-OH is 1. The van der Waals surface area contributed by atoms with Gasteiger partial charge in [-0.05, 0) is 52.4 Å². The first kappa shape index (κ1) is 12.5. The molecule has 0 bridgehead atoms. The van der Waals surface area contributed by atoms with Crippen LogP contribution in [-0.2, 0) is 6.54 Å². The van der Waals surface area contributed by atoms with Gasteiger partial charge in [-0.3, -0.25) is 0 Å². The number of nitrogens with two attached hydrogens (primary N) is 1. The summed E-state index contributed by atoms with van der Waals surface area (Å²) in [6, 6.07) is 6.32. The van der Waals surface area contributed by atoms with Crippen LogP contribution in [0.4, 0.5) is 5.69 Å². The van der Waals surface area contributed by atoms with E-state index in [9.17, 15) is 5.11 Å². The Morgan fingerprint density at radius 1 is 1.33 bits per heavy atom. The fraction of sp³-hybridized carbons (Fsp3) is 0.571. The Balaban J connectivity index is 1.80. The molecule has 1 aliphatic carbocycles. The Kier molecular flexibility index (Phi) is 3.34. The minimum Gasteiger partial charge on any atom is -0.393 e. The monoisotopic (exact) mass is 310 g/mol. The predicted molar refractivity (Wildman–Crippen MR) is 76.5 cm³/mol. The van der Waals surface area contributed by atoms with Gasteiger partial charge in [0.25, 0.3) is 0 Å². The number of fused-ring (bicyclic) bond motifs is 1. The van der Waals surface area contributed by atoms with Crippen LogP contribution in [-0.4, -0.2) is 24.3 Å². The van der Waals surface area contributed by atoms with E-state index < -0.39 is 0 Å². The summed E-state index contributed by atoms with van der Waals surface area (Å²) in [5.74, 6) is 1.13. The molecule has 1 aliphatic heterocycles. The maximum Gasteiger partial charge on any atom is 0.0588 e. The SMILES string of the molecule is NCc1ccc(N2CC3CCC(O)C3C2)c(Br)c1. The van der Waals surface area contributed by atoms with Crippen LogP contribution in [0.15, 0.2) is 22.7 Å². The molecule has 1 saturated carbocycles. The maximum absolute atomic E-state index is 9.96. The molecule has 1 heterocycles. The van der Waals surface area contributed by atoms with Gasteiger partial charge in [-0.25, -0.2) is 0 Å². The number of aliphatic hydroxyl groups is 1. The highest BCUT2D eigenvalue weighted by molar-refractivity contribution is 9.10. The number of hydrogen-bond donors (Lipinski definition) is 2. The van der Waals surface area contributed by atoms with Crippen molar-refractivity contribution in [2.24, 2.45) is 17.6 Å². The molecular weight excluding hydrogens is 292 g/mol. The number of hydrogen-bond acceptors (Lipinski definition) is 3. The Labute approximate surface area is 116 Å². The molecule has 0 amide bonds. The van der Waals surface area contributed by atoms with Gasteiger partial charge in [-0.1, -0.05) is 6.07 Å². The van der Waals surface area contributed by atoms with Crippen LogP contribution in [0, 0.1) is 11.8 Å². The van der Waals surface area contributed by atoms with Crippen LogP contribution in [0.1, 0.15) is 18.4 Å². The molecule has 1 saturated heterocycles. The molecule has 3 atom stereocenters. The van der Waals surface area contributed by atoms with E-state index in [1.54, 1.807) is 0 Å². The van der Waals surface area contributed by atoms with E-state index in [-0.39, 0.29) is 6.10 Å². The zero-order valence-corrected chi connectivity index (χ0v) is 11.9. The molecule has 98 valence electrons. The summed E-state index contributed by atoms with van der Waals surface area (Å²) in [4.78, 5) is 2.39. The van der Waals surface area contributed by atoms with Crippen LogP contribution in [0.3, 0.4) is 0 Å². The second-order valence-corrected chi connectivity index (χ2v) is 6.32. The van der Waals surface area contributed by atoms with Crippen molar-refractivity contribution in [1.82, 2.24) is 0 Å². The number of halogens is 1. The summed E-state index contributed by atoms with van der Waals surface area (Å²) in [5, 5.41) is 9.96. The minimum atomic E-state index is -0.0953. The molecule has 0 spiro atoms.